The second-order valence-corrected chi connectivity index (χ2v) is 8.14. The van der Waals surface area contributed by atoms with E-state index in [1.807, 2.05) is 0 Å². The van der Waals surface area contributed by atoms with Crippen molar-refractivity contribution in [1.29, 1.82) is 0 Å². The van der Waals surface area contributed by atoms with Gasteiger partial charge in [-0.1, -0.05) is 30.3 Å². The maximum atomic E-state index is 12.3. The number of carboxylic acid groups (broad SMARTS) is 1. The minimum absolute atomic E-state index is 0.141. The van der Waals surface area contributed by atoms with Gasteiger partial charge in [0.15, 0.2) is 6.04 Å². The largest absolute Gasteiger partial charge is 0.479 e. The first-order valence-corrected chi connectivity index (χ1v) is 9.08. The summed E-state index contributed by atoms with van der Waals surface area (Å²) in [6.45, 7) is 2.57. The molecule has 1 aromatic rings. The first-order chi connectivity index (χ1) is 11.7. The van der Waals surface area contributed by atoms with Crippen LogP contribution in [0.1, 0.15) is 25.5 Å². The standard InChI is InChI=1S/C15H19N3O6S/c1-10(2)25(23,24)18-9-8-17(15(18)22)14(21)16-12(13(19)20)11-6-4-3-5-7-11/h3-7,10,12H,8-9H2,1-2H3,(H,16,21)(H,19,20). The van der Waals surface area contributed by atoms with Crippen molar-refractivity contribution < 1.29 is 27.9 Å². The van der Waals surface area contributed by atoms with E-state index in [0.29, 0.717) is 14.8 Å². The summed E-state index contributed by atoms with van der Waals surface area (Å²) in [5, 5.41) is 10.8. The average molecular weight is 369 g/mol. The Kier molecular flexibility index (Phi) is 5.31. The Bertz CT molecular complexity index is 778. The first kappa shape index (κ1) is 18.7. The molecule has 0 spiro atoms. The molecule has 2 N–H and O–H groups in total. The SMILES string of the molecule is CC(C)S(=O)(=O)N1CCN(C(=O)NC(C(=O)O)c2ccccc2)C1=O. The molecule has 1 aromatic carbocycles. The lowest BCUT2D eigenvalue weighted by Gasteiger charge is -2.21. The molecule has 1 atom stereocenters. The summed E-state index contributed by atoms with van der Waals surface area (Å²) >= 11 is 0. The minimum atomic E-state index is -3.84. The number of imide groups is 1. The van der Waals surface area contributed by atoms with Crippen molar-refractivity contribution in [3.8, 4) is 0 Å². The Morgan fingerprint density at radius 1 is 1.16 bits per heavy atom. The third-order valence-corrected chi connectivity index (χ3v) is 5.91. The smallest absolute Gasteiger partial charge is 0.341 e. The highest BCUT2D eigenvalue weighted by Gasteiger charge is 2.42. The van der Waals surface area contributed by atoms with Crippen molar-refractivity contribution >= 4 is 28.1 Å². The number of aliphatic carboxylic acids is 1. The van der Waals surface area contributed by atoms with E-state index in [-0.39, 0.29) is 13.1 Å². The number of carboxylic acids is 1. The van der Waals surface area contributed by atoms with Gasteiger partial charge in [-0.3, -0.25) is 0 Å². The molecule has 0 aromatic heterocycles. The summed E-state index contributed by atoms with van der Waals surface area (Å²) in [5.74, 6) is -1.29. The van der Waals surface area contributed by atoms with Gasteiger partial charge >= 0.3 is 18.0 Å². The number of hydrogen-bond donors (Lipinski definition) is 2. The second kappa shape index (κ2) is 7.09. The molecular weight excluding hydrogens is 350 g/mol. The van der Waals surface area contributed by atoms with Gasteiger partial charge in [0.25, 0.3) is 0 Å². The maximum absolute atomic E-state index is 12.3. The van der Waals surface area contributed by atoms with Gasteiger partial charge in [0.2, 0.25) is 10.0 Å². The molecule has 10 heteroatoms. The fraction of sp³-hybridized carbons (Fsp3) is 0.400. The fourth-order valence-corrected chi connectivity index (χ4v) is 3.49. The van der Waals surface area contributed by atoms with Crippen LogP contribution < -0.4 is 5.32 Å². The van der Waals surface area contributed by atoms with E-state index in [2.05, 4.69) is 5.32 Å². The van der Waals surface area contributed by atoms with E-state index in [0.717, 1.165) is 0 Å². The van der Waals surface area contributed by atoms with Gasteiger partial charge in [-0.15, -0.1) is 0 Å². The molecule has 25 heavy (non-hydrogen) atoms. The Hall–Kier alpha value is -2.62. The minimum Gasteiger partial charge on any atom is -0.479 e. The van der Waals surface area contributed by atoms with Crippen molar-refractivity contribution in [2.24, 2.45) is 0 Å². The highest BCUT2D eigenvalue weighted by molar-refractivity contribution is 7.90. The highest BCUT2D eigenvalue weighted by atomic mass is 32.2. The van der Waals surface area contributed by atoms with Crippen LogP contribution in [0.3, 0.4) is 0 Å². The molecule has 0 aliphatic carbocycles. The van der Waals surface area contributed by atoms with Crippen LogP contribution in [0.25, 0.3) is 0 Å². The number of hydrogen-bond acceptors (Lipinski definition) is 5. The number of carbonyl (C=O) groups excluding carboxylic acids is 2. The lowest BCUT2D eigenvalue weighted by molar-refractivity contribution is -0.139. The van der Waals surface area contributed by atoms with Crippen LogP contribution in [0.4, 0.5) is 9.59 Å². The second-order valence-electron chi connectivity index (χ2n) is 5.73. The molecule has 1 heterocycles. The quantitative estimate of drug-likeness (QED) is 0.798. The molecule has 2 rings (SSSR count). The zero-order chi connectivity index (χ0) is 18.8. The van der Waals surface area contributed by atoms with Crippen molar-refractivity contribution in [3.05, 3.63) is 35.9 Å². The van der Waals surface area contributed by atoms with E-state index in [9.17, 15) is 27.9 Å². The van der Waals surface area contributed by atoms with E-state index in [1.165, 1.54) is 26.0 Å². The first-order valence-electron chi connectivity index (χ1n) is 7.57. The number of sulfonamides is 1. The number of carbonyl (C=O) groups is 3. The van der Waals surface area contributed by atoms with Crippen LogP contribution in [-0.4, -0.2) is 59.1 Å². The van der Waals surface area contributed by atoms with Gasteiger partial charge in [0.05, 0.1) is 18.3 Å². The average Bonchev–Trinajstić information content (AvgIpc) is 2.95. The molecule has 4 amide bonds. The number of nitrogens with one attached hydrogen (secondary N) is 1. The summed E-state index contributed by atoms with van der Waals surface area (Å²) in [5.41, 5.74) is 0.335. The molecule has 136 valence electrons. The molecular formula is C15H19N3O6S. The Labute approximate surface area is 145 Å². The van der Waals surface area contributed by atoms with Crippen molar-refractivity contribution in [2.45, 2.75) is 25.1 Å². The number of amides is 4. The zero-order valence-electron chi connectivity index (χ0n) is 13.7. The third kappa shape index (κ3) is 3.73. The van der Waals surface area contributed by atoms with Gasteiger partial charge < -0.3 is 10.4 Å². The van der Waals surface area contributed by atoms with E-state index in [1.54, 1.807) is 18.2 Å². The van der Waals surface area contributed by atoms with Crippen molar-refractivity contribution in [3.63, 3.8) is 0 Å². The maximum Gasteiger partial charge on any atom is 0.341 e. The Morgan fingerprint density at radius 2 is 1.76 bits per heavy atom. The summed E-state index contributed by atoms with van der Waals surface area (Å²) < 4.78 is 24.9. The van der Waals surface area contributed by atoms with Gasteiger partial charge in [0, 0.05) is 0 Å². The number of benzene rings is 1. The molecule has 1 fully saturated rings. The molecule has 1 unspecified atom stereocenters. The van der Waals surface area contributed by atoms with E-state index >= 15 is 0 Å². The highest BCUT2D eigenvalue weighted by Crippen LogP contribution is 2.19. The number of nitrogens with zero attached hydrogens (tertiary/aromatic N) is 2. The Morgan fingerprint density at radius 3 is 2.28 bits per heavy atom. The summed E-state index contributed by atoms with van der Waals surface area (Å²) in [7, 11) is -3.84. The van der Waals surface area contributed by atoms with Crippen LogP contribution in [0.5, 0.6) is 0 Å². The van der Waals surface area contributed by atoms with Gasteiger partial charge in [-0.2, -0.15) is 0 Å². The summed E-state index contributed by atoms with van der Waals surface area (Å²) in [6.07, 6.45) is 0. The van der Waals surface area contributed by atoms with Crippen LogP contribution in [0, 0.1) is 0 Å². The fourth-order valence-electron chi connectivity index (χ4n) is 2.33. The molecule has 9 nitrogen and oxygen atoms in total. The predicted molar refractivity (Wildman–Crippen MR) is 88.2 cm³/mol. The lowest BCUT2D eigenvalue weighted by Crippen LogP contribution is -2.47. The molecule has 0 saturated carbocycles. The van der Waals surface area contributed by atoms with Crippen LogP contribution in [0.15, 0.2) is 30.3 Å². The van der Waals surface area contributed by atoms with Gasteiger partial charge in [-0.05, 0) is 19.4 Å². The topological polar surface area (TPSA) is 124 Å². The molecule has 1 saturated heterocycles. The number of urea groups is 2. The molecule has 1 aliphatic rings. The van der Waals surface area contributed by atoms with Crippen molar-refractivity contribution in [1.82, 2.24) is 14.5 Å². The Balaban J connectivity index is 2.16. The van der Waals surface area contributed by atoms with Gasteiger partial charge in [-0.25, -0.2) is 32.0 Å². The molecule has 0 radical (unpaired) electrons. The number of rotatable bonds is 5. The van der Waals surface area contributed by atoms with Crippen LogP contribution in [0.2, 0.25) is 0 Å². The van der Waals surface area contributed by atoms with Crippen molar-refractivity contribution in [2.75, 3.05) is 13.1 Å². The summed E-state index contributed by atoms with van der Waals surface area (Å²) in [4.78, 5) is 36.7. The zero-order valence-corrected chi connectivity index (χ0v) is 14.6. The monoisotopic (exact) mass is 369 g/mol. The molecule has 1 aliphatic heterocycles. The third-order valence-electron chi connectivity index (χ3n) is 3.77. The predicted octanol–water partition coefficient (Wildman–Crippen LogP) is 0.998. The lowest BCUT2D eigenvalue weighted by atomic mass is 10.1. The van der Waals surface area contributed by atoms with Gasteiger partial charge in [0.1, 0.15) is 0 Å². The normalized spacial score (nSPS) is 16.2. The van der Waals surface area contributed by atoms with Crippen LogP contribution >= 0.6 is 0 Å². The molecule has 0 bridgehead atoms. The summed E-state index contributed by atoms with van der Waals surface area (Å²) in [6, 6.07) is 4.71. The van der Waals surface area contributed by atoms with E-state index in [4.69, 9.17) is 0 Å². The van der Waals surface area contributed by atoms with E-state index < -0.39 is 39.3 Å². The van der Waals surface area contributed by atoms with Crippen LogP contribution in [-0.2, 0) is 14.8 Å².